The van der Waals surface area contributed by atoms with Crippen molar-refractivity contribution in [1.82, 2.24) is 15.6 Å². The van der Waals surface area contributed by atoms with Gasteiger partial charge in [0, 0.05) is 37.6 Å². The molecule has 0 saturated carbocycles. The number of nitrogens with one attached hydrogen (secondary N) is 2. The van der Waals surface area contributed by atoms with Crippen molar-refractivity contribution in [2.24, 2.45) is 4.99 Å². The zero-order valence-electron chi connectivity index (χ0n) is 14.8. The van der Waals surface area contributed by atoms with Gasteiger partial charge in [0.1, 0.15) is 5.75 Å². The van der Waals surface area contributed by atoms with Crippen LogP contribution in [0.4, 0.5) is 0 Å². The van der Waals surface area contributed by atoms with Gasteiger partial charge in [-0.1, -0.05) is 12.1 Å². The van der Waals surface area contributed by atoms with E-state index in [-0.39, 0.29) is 6.10 Å². The molecule has 0 bridgehead atoms. The third-order valence-electron chi connectivity index (χ3n) is 3.25. The third kappa shape index (κ3) is 6.20. The summed E-state index contributed by atoms with van der Waals surface area (Å²) in [4.78, 5) is 9.87. The third-order valence-corrected chi connectivity index (χ3v) is 4.23. The Morgan fingerprint density at radius 3 is 2.83 bits per heavy atom. The molecule has 1 heterocycles. The van der Waals surface area contributed by atoms with Gasteiger partial charge in [-0.15, -0.1) is 11.3 Å². The van der Waals surface area contributed by atoms with Crippen LogP contribution in [-0.2, 0) is 13.0 Å². The second-order valence-corrected chi connectivity index (χ2v) is 7.10. The molecule has 6 heteroatoms. The van der Waals surface area contributed by atoms with Crippen molar-refractivity contribution < 1.29 is 4.74 Å². The van der Waals surface area contributed by atoms with E-state index in [1.807, 2.05) is 32.2 Å². The van der Waals surface area contributed by atoms with Crippen molar-refractivity contribution >= 4 is 17.3 Å². The average molecular weight is 347 g/mol. The highest BCUT2D eigenvalue weighted by Crippen LogP contribution is 2.14. The molecule has 0 aliphatic heterocycles. The molecule has 0 fully saturated rings. The largest absolute Gasteiger partial charge is 0.491 e. The summed E-state index contributed by atoms with van der Waals surface area (Å²) < 4.78 is 5.72. The van der Waals surface area contributed by atoms with Crippen LogP contribution >= 0.6 is 11.3 Å². The number of aryl methyl sites for hydroxylation is 1. The van der Waals surface area contributed by atoms with E-state index < -0.39 is 0 Å². The van der Waals surface area contributed by atoms with Crippen LogP contribution in [0.2, 0.25) is 0 Å². The van der Waals surface area contributed by atoms with Gasteiger partial charge in [0.05, 0.1) is 11.1 Å². The molecule has 0 aliphatic rings. The molecule has 0 aliphatic carbocycles. The van der Waals surface area contributed by atoms with E-state index in [9.17, 15) is 0 Å². The normalized spacial score (nSPS) is 11.6. The molecule has 0 saturated heterocycles. The van der Waals surface area contributed by atoms with Gasteiger partial charge in [-0.25, -0.2) is 4.98 Å². The number of nitrogens with zero attached hydrogens (tertiary/aromatic N) is 2. The number of benzene rings is 1. The van der Waals surface area contributed by atoms with Crippen molar-refractivity contribution in [3.05, 3.63) is 45.9 Å². The van der Waals surface area contributed by atoms with Gasteiger partial charge in [-0.3, -0.25) is 4.99 Å². The summed E-state index contributed by atoms with van der Waals surface area (Å²) in [6, 6.07) is 8.12. The minimum Gasteiger partial charge on any atom is -0.491 e. The van der Waals surface area contributed by atoms with E-state index in [0.717, 1.165) is 35.2 Å². The van der Waals surface area contributed by atoms with Crippen molar-refractivity contribution in [1.29, 1.82) is 0 Å². The van der Waals surface area contributed by atoms with E-state index in [1.54, 1.807) is 18.4 Å². The second-order valence-electron chi connectivity index (χ2n) is 5.78. The van der Waals surface area contributed by atoms with Crippen LogP contribution in [0, 0.1) is 6.92 Å². The Hall–Kier alpha value is -2.08. The second kappa shape index (κ2) is 9.27. The summed E-state index contributed by atoms with van der Waals surface area (Å²) in [6.07, 6.45) is 2.99. The van der Waals surface area contributed by atoms with E-state index in [2.05, 4.69) is 39.7 Å². The number of aliphatic imine (C=N–C) groups is 1. The molecule has 0 unspecified atom stereocenters. The summed E-state index contributed by atoms with van der Waals surface area (Å²) in [7, 11) is 1.78. The lowest BCUT2D eigenvalue weighted by molar-refractivity contribution is 0.242. The smallest absolute Gasteiger partial charge is 0.191 e. The van der Waals surface area contributed by atoms with E-state index >= 15 is 0 Å². The van der Waals surface area contributed by atoms with Gasteiger partial charge in [0.2, 0.25) is 0 Å². The van der Waals surface area contributed by atoms with Crippen molar-refractivity contribution in [3.63, 3.8) is 0 Å². The minimum atomic E-state index is 0.178. The van der Waals surface area contributed by atoms with Crippen LogP contribution in [0.1, 0.15) is 29.3 Å². The number of hydrogen-bond acceptors (Lipinski definition) is 4. The number of aromatic nitrogens is 1. The maximum absolute atomic E-state index is 5.72. The highest BCUT2D eigenvalue weighted by Gasteiger charge is 2.03. The maximum atomic E-state index is 5.72. The molecule has 2 N–H and O–H groups in total. The lowest BCUT2D eigenvalue weighted by Crippen LogP contribution is -2.37. The van der Waals surface area contributed by atoms with Gasteiger partial charge in [-0.05, 0) is 38.5 Å². The Labute approximate surface area is 148 Å². The van der Waals surface area contributed by atoms with Crippen molar-refractivity contribution in [2.75, 3.05) is 13.6 Å². The zero-order chi connectivity index (χ0) is 17.4. The first-order valence-corrected chi connectivity index (χ1v) is 9.00. The van der Waals surface area contributed by atoms with E-state index in [4.69, 9.17) is 4.74 Å². The molecule has 0 amide bonds. The van der Waals surface area contributed by atoms with Gasteiger partial charge in [-0.2, -0.15) is 0 Å². The monoisotopic (exact) mass is 346 g/mol. The summed E-state index contributed by atoms with van der Waals surface area (Å²) in [5.74, 6) is 1.69. The molecular weight excluding hydrogens is 320 g/mol. The predicted octanol–water partition coefficient (Wildman–Crippen LogP) is 3.15. The van der Waals surface area contributed by atoms with Crippen molar-refractivity contribution in [2.45, 2.75) is 39.8 Å². The summed E-state index contributed by atoms with van der Waals surface area (Å²) in [5.41, 5.74) is 1.16. The standard InChI is InChI=1S/C18H26N4OS/c1-13(2)23-16-7-5-6-15(10-16)12-22-18(19-4)20-9-8-17-21-11-14(3)24-17/h5-7,10-11,13H,8-9,12H2,1-4H3,(H2,19,20,22). The zero-order valence-corrected chi connectivity index (χ0v) is 15.6. The Morgan fingerprint density at radius 1 is 1.33 bits per heavy atom. The van der Waals surface area contributed by atoms with Gasteiger partial charge in [0.25, 0.3) is 0 Å². The van der Waals surface area contributed by atoms with Gasteiger partial charge in [0.15, 0.2) is 5.96 Å². The topological polar surface area (TPSA) is 58.5 Å². The van der Waals surface area contributed by atoms with Crippen LogP contribution in [0.3, 0.4) is 0 Å². The Morgan fingerprint density at radius 2 is 2.17 bits per heavy atom. The molecule has 0 radical (unpaired) electrons. The lowest BCUT2D eigenvalue weighted by Gasteiger charge is -2.13. The van der Waals surface area contributed by atoms with Crippen LogP contribution in [0.5, 0.6) is 5.75 Å². The van der Waals surface area contributed by atoms with Gasteiger partial charge >= 0.3 is 0 Å². The van der Waals surface area contributed by atoms with E-state index in [1.165, 1.54) is 4.88 Å². The minimum absolute atomic E-state index is 0.178. The number of rotatable bonds is 7. The van der Waals surface area contributed by atoms with Crippen molar-refractivity contribution in [3.8, 4) is 5.75 Å². The highest BCUT2D eigenvalue weighted by molar-refractivity contribution is 7.11. The first kappa shape index (κ1) is 18.3. The molecule has 130 valence electrons. The quantitative estimate of drug-likeness (QED) is 0.597. The van der Waals surface area contributed by atoms with Gasteiger partial charge < -0.3 is 15.4 Å². The molecule has 2 rings (SSSR count). The molecule has 2 aromatic rings. The predicted molar refractivity (Wildman–Crippen MR) is 101 cm³/mol. The molecule has 1 aromatic carbocycles. The Bertz CT molecular complexity index is 667. The molecule has 5 nitrogen and oxygen atoms in total. The Kier molecular flexibility index (Phi) is 7.06. The lowest BCUT2D eigenvalue weighted by atomic mass is 10.2. The van der Waals surface area contributed by atoms with E-state index in [0.29, 0.717) is 6.54 Å². The number of thiazole rings is 1. The fourth-order valence-corrected chi connectivity index (χ4v) is 3.00. The first-order chi connectivity index (χ1) is 11.6. The number of hydrogen-bond donors (Lipinski definition) is 2. The summed E-state index contributed by atoms with van der Waals surface area (Å²) in [6.45, 7) is 7.64. The average Bonchev–Trinajstić information content (AvgIpc) is 2.96. The molecule has 1 aromatic heterocycles. The highest BCUT2D eigenvalue weighted by atomic mass is 32.1. The first-order valence-electron chi connectivity index (χ1n) is 8.18. The number of guanidine groups is 1. The fourth-order valence-electron chi connectivity index (χ4n) is 2.21. The number of ether oxygens (including phenoxy) is 1. The van der Waals surface area contributed by atoms with Crippen LogP contribution in [-0.4, -0.2) is 30.6 Å². The molecular formula is C18H26N4OS. The molecule has 0 atom stereocenters. The molecule has 0 spiro atoms. The summed E-state index contributed by atoms with van der Waals surface area (Å²) >= 11 is 1.74. The fraction of sp³-hybridized carbons (Fsp3) is 0.444. The van der Waals surface area contributed by atoms with Crippen LogP contribution in [0.15, 0.2) is 35.5 Å². The Balaban J connectivity index is 1.78. The SMILES string of the molecule is CN=C(NCCc1ncc(C)s1)NCc1cccc(OC(C)C)c1. The molecule has 24 heavy (non-hydrogen) atoms. The maximum Gasteiger partial charge on any atom is 0.191 e. The summed E-state index contributed by atoms with van der Waals surface area (Å²) in [5, 5.41) is 7.79. The van der Waals surface area contributed by atoms with Crippen LogP contribution < -0.4 is 15.4 Å². The van der Waals surface area contributed by atoms with Crippen LogP contribution in [0.25, 0.3) is 0 Å².